The van der Waals surface area contributed by atoms with E-state index in [1.807, 2.05) is 0 Å². The number of carbonyl (C=O) groups is 2. The van der Waals surface area contributed by atoms with Crippen LogP contribution in [0.1, 0.15) is 41.9 Å². The van der Waals surface area contributed by atoms with E-state index in [-0.39, 0.29) is 28.6 Å². The van der Waals surface area contributed by atoms with E-state index in [1.165, 1.54) is 12.3 Å². The van der Waals surface area contributed by atoms with Crippen LogP contribution in [0.4, 0.5) is 10.1 Å². The number of hydrogen-bond acceptors (Lipinski definition) is 5. The Bertz CT molecular complexity index is 944. The molecule has 2 aromatic heterocycles. The molecule has 3 heterocycles. The maximum Gasteiger partial charge on any atom is 0.354 e. The van der Waals surface area contributed by atoms with Crippen LogP contribution in [-0.4, -0.2) is 33.1 Å². The van der Waals surface area contributed by atoms with E-state index in [4.69, 9.17) is 16.3 Å². The standard InChI is InChI=1S/C18H15ClFN3O4/c19-9-7-11(20)15(21-8-9)27-10-3-5-18(6-4-10)14-12(23-17(18)26)1-2-13(22-14)16(24)25/h1-2,7-8,10H,3-6H2,(H,23,26)(H,24,25). The number of anilines is 1. The lowest BCUT2D eigenvalue weighted by Gasteiger charge is -2.34. The highest BCUT2D eigenvalue weighted by Gasteiger charge is 2.50. The van der Waals surface area contributed by atoms with Crippen LogP contribution in [-0.2, 0) is 10.2 Å². The topological polar surface area (TPSA) is 101 Å². The van der Waals surface area contributed by atoms with E-state index < -0.39 is 17.2 Å². The Morgan fingerprint density at radius 1 is 1.37 bits per heavy atom. The van der Waals surface area contributed by atoms with Gasteiger partial charge < -0.3 is 15.2 Å². The Kier molecular flexibility index (Phi) is 4.22. The molecule has 4 rings (SSSR count). The highest BCUT2D eigenvalue weighted by Crippen LogP contribution is 2.47. The molecule has 0 atom stereocenters. The van der Waals surface area contributed by atoms with Crippen LogP contribution in [0.5, 0.6) is 5.88 Å². The lowest BCUT2D eigenvalue weighted by atomic mass is 9.71. The minimum atomic E-state index is -1.14. The first-order valence-corrected chi connectivity index (χ1v) is 8.81. The molecular formula is C18H15ClFN3O4. The number of fused-ring (bicyclic) bond motifs is 2. The molecule has 2 aromatic rings. The number of ether oxygens (including phenoxy) is 1. The van der Waals surface area contributed by atoms with Crippen molar-refractivity contribution < 1.29 is 23.8 Å². The molecule has 1 aliphatic carbocycles. The second-order valence-corrected chi connectivity index (χ2v) is 7.13. The summed E-state index contributed by atoms with van der Waals surface area (Å²) in [5, 5.41) is 12.1. The Balaban J connectivity index is 1.54. The van der Waals surface area contributed by atoms with Gasteiger partial charge in [0.2, 0.25) is 5.91 Å². The van der Waals surface area contributed by atoms with Gasteiger partial charge in [-0.3, -0.25) is 4.79 Å². The molecule has 1 aliphatic heterocycles. The fourth-order valence-corrected chi connectivity index (χ4v) is 3.85. The first-order valence-electron chi connectivity index (χ1n) is 8.43. The molecule has 1 fully saturated rings. The van der Waals surface area contributed by atoms with Crippen molar-refractivity contribution in [3.8, 4) is 5.88 Å². The van der Waals surface area contributed by atoms with Gasteiger partial charge in [0.15, 0.2) is 5.82 Å². The van der Waals surface area contributed by atoms with E-state index in [2.05, 4.69) is 15.3 Å². The summed E-state index contributed by atoms with van der Waals surface area (Å²) in [4.78, 5) is 31.9. The second-order valence-electron chi connectivity index (χ2n) is 6.69. The Labute approximate surface area is 158 Å². The molecule has 0 unspecified atom stereocenters. The van der Waals surface area contributed by atoms with Gasteiger partial charge in [0.25, 0.3) is 5.88 Å². The molecule has 2 aliphatic rings. The Morgan fingerprint density at radius 2 is 2.11 bits per heavy atom. The second kappa shape index (κ2) is 6.45. The lowest BCUT2D eigenvalue weighted by Crippen LogP contribution is -2.41. The molecule has 27 heavy (non-hydrogen) atoms. The highest BCUT2D eigenvalue weighted by atomic mass is 35.5. The van der Waals surface area contributed by atoms with Gasteiger partial charge in [-0.25, -0.2) is 19.2 Å². The van der Waals surface area contributed by atoms with Crippen LogP contribution in [0.3, 0.4) is 0 Å². The van der Waals surface area contributed by atoms with Crippen molar-refractivity contribution in [1.29, 1.82) is 0 Å². The summed E-state index contributed by atoms with van der Waals surface area (Å²) in [7, 11) is 0. The minimum Gasteiger partial charge on any atom is -0.477 e. The number of aromatic nitrogens is 2. The molecule has 2 N–H and O–H groups in total. The number of hydrogen-bond donors (Lipinski definition) is 2. The fourth-order valence-electron chi connectivity index (χ4n) is 3.71. The minimum absolute atomic E-state index is 0.101. The molecule has 0 aromatic carbocycles. The van der Waals surface area contributed by atoms with Crippen molar-refractivity contribution in [2.75, 3.05) is 5.32 Å². The molecule has 1 amide bonds. The predicted octanol–water partition coefficient (Wildman–Crippen LogP) is 3.18. The van der Waals surface area contributed by atoms with Gasteiger partial charge in [-0.15, -0.1) is 0 Å². The zero-order chi connectivity index (χ0) is 19.2. The zero-order valence-corrected chi connectivity index (χ0v) is 14.8. The number of pyridine rings is 2. The van der Waals surface area contributed by atoms with Crippen molar-refractivity contribution in [3.05, 3.63) is 46.6 Å². The Hall–Kier alpha value is -2.74. The van der Waals surface area contributed by atoms with E-state index >= 15 is 0 Å². The van der Waals surface area contributed by atoms with Crippen LogP contribution in [0.2, 0.25) is 5.02 Å². The van der Waals surface area contributed by atoms with Crippen molar-refractivity contribution in [1.82, 2.24) is 9.97 Å². The fraction of sp³-hybridized carbons (Fsp3) is 0.333. The quantitative estimate of drug-likeness (QED) is 0.833. The Morgan fingerprint density at radius 3 is 2.78 bits per heavy atom. The zero-order valence-electron chi connectivity index (χ0n) is 14.0. The van der Waals surface area contributed by atoms with Gasteiger partial charge in [0.1, 0.15) is 11.8 Å². The maximum absolute atomic E-state index is 13.9. The van der Waals surface area contributed by atoms with Crippen molar-refractivity contribution >= 4 is 29.2 Å². The van der Waals surface area contributed by atoms with Gasteiger partial charge in [0, 0.05) is 6.20 Å². The van der Waals surface area contributed by atoms with E-state index in [9.17, 15) is 19.1 Å². The van der Waals surface area contributed by atoms with Crippen LogP contribution in [0.15, 0.2) is 24.4 Å². The summed E-state index contributed by atoms with van der Waals surface area (Å²) in [5.41, 5.74) is 0.0129. The smallest absolute Gasteiger partial charge is 0.354 e. The molecule has 0 saturated heterocycles. The first kappa shape index (κ1) is 17.7. The molecule has 9 heteroatoms. The average Bonchev–Trinajstić information content (AvgIpc) is 2.90. The molecule has 0 radical (unpaired) electrons. The van der Waals surface area contributed by atoms with Gasteiger partial charge in [-0.05, 0) is 43.9 Å². The van der Waals surface area contributed by atoms with Gasteiger partial charge in [0.05, 0.1) is 21.8 Å². The largest absolute Gasteiger partial charge is 0.477 e. The number of carboxylic acids is 1. The highest BCUT2D eigenvalue weighted by molar-refractivity contribution is 6.30. The molecule has 7 nitrogen and oxygen atoms in total. The summed E-state index contributed by atoms with van der Waals surface area (Å²) >= 11 is 5.69. The summed E-state index contributed by atoms with van der Waals surface area (Å²) < 4.78 is 19.5. The first-order chi connectivity index (χ1) is 12.9. The van der Waals surface area contributed by atoms with E-state index in [0.29, 0.717) is 37.1 Å². The number of aromatic carboxylic acids is 1. The monoisotopic (exact) mass is 391 g/mol. The predicted molar refractivity (Wildman–Crippen MR) is 93.6 cm³/mol. The number of carbonyl (C=O) groups excluding carboxylic acids is 1. The maximum atomic E-state index is 13.9. The van der Waals surface area contributed by atoms with Crippen LogP contribution in [0.25, 0.3) is 0 Å². The summed E-state index contributed by atoms with van der Waals surface area (Å²) in [5.74, 6) is -2.10. The third-order valence-corrected chi connectivity index (χ3v) is 5.30. The van der Waals surface area contributed by atoms with Crippen LogP contribution < -0.4 is 10.1 Å². The molecule has 0 bridgehead atoms. The average molecular weight is 392 g/mol. The van der Waals surface area contributed by atoms with Gasteiger partial charge in [-0.1, -0.05) is 11.6 Å². The third-order valence-electron chi connectivity index (χ3n) is 5.09. The molecule has 1 spiro atoms. The number of rotatable bonds is 3. The number of nitrogens with one attached hydrogen (secondary N) is 1. The van der Waals surface area contributed by atoms with Crippen molar-refractivity contribution in [3.63, 3.8) is 0 Å². The summed E-state index contributed by atoms with van der Waals surface area (Å²) in [6.07, 6.45) is 2.80. The van der Waals surface area contributed by atoms with Crippen LogP contribution in [0, 0.1) is 5.82 Å². The number of amides is 1. The number of halogens is 2. The van der Waals surface area contributed by atoms with Gasteiger partial charge in [-0.2, -0.15) is 0 Å². The molecule has 140 valence electrons. The molecule has 1 saturated carbocycles. The van der Waals surface area contributed by atoms with Crippen LogP contribution >= 0.6 is 11.6 Å². The summed E-state index contributed by atoms with van der Waals surface area (Å²) in [6.45, 7) is 0. The van der Waals surface area contributed by atoms with Crippen molar-refractivity contribution in [2.45, 2.75) is 37.2 Å². The number of nitrogens with zero attached hydrogens (tertiary/aromatic N) is 2. The third kappa shape index (κ3) is 2.99. The summed E-state index contributed by atoms with van der Waals surface area (Å²) in [6, 6.07) is 4.06. The van der Waals surface area contributed by atoms with Gasteiger partial charge >= 0.3 is 5.97 Å². The number of carboxylic acid groups (broad SMARTS) is 1. The lowest BCUT2D eigenvalue weighted by molar-refractivity contribution is -0.122. The SMILES string of the molecule is O=C(O)c1ccc2c(n1)C1(CCC(Oc3ncc(Cl)cc3F)CC1)C(=O)N2. The molecular weight excluding hydrogens is 377 g/mol. The van der Waals surface area contributed by atoms with Crippen molar-refractivity contribution in [2.24, 2.45) is 0 Å². The van der Waals surface area contributed by atoms with E-state index in [1.54, 1.807) is 6.07 Å². The van der Waals surface area contributed by atoms with E-state index in [0.717, 1.165) is 6.07 Å². The normalized spacial score (nSPS) is 23.8.